The van der Waals surface area contributed by atoms with Gasteiger partial charge in [0.25, 0.3) is 0 Å². The summed E-state index contributed by atoms with van der Waals surface area (Å²) in [7, 11) is 1.34. The Morgan fingerprint density at radius 3 is 2.43 bits per heavy atom. The van der Waals surface area contributed by atoms with Gasteiger partial charge in [0, 0.05) is 11.8 Å². The van der Waals surface area contributed by atoms with Crippen LogP contribution in [0.15, 0.2) is 48.5 Å². The van der Waals surface area contributed by atoms with E-state index in [1.807, 2.05) is 70.2 Å². The first-order valence-corrected chi connectivity index (χ1v) is 10.4. The number of hydrogen-bond donors (Lipinski definition) is 1. The molecule has 0 aliphatic carbocycles. The zero-order valence-corrected chi connectivity index (χ0v) is 18.7. The van der Waals surface area contributed by atoms with Gasteiger partial charge in [-0.05, 0) is 49.4 Å². The average molecular weight is 412 g/mol. The number of carbonyl (C=O) groups is 2. The van der Waals surface area contributed by atoms with Gasteiger partial charge in [-0.15, -0.1) is 0 Å². The van der Waals surface area contributed by atoms with E-state index in [1.54, 1.807) is 0 Å². The van der Waals surface area contributed by atoms with Crippen molar-refractivity contribution in [2.75, 3.05) is 13.7 Å². The Bertz CT molecular complexity index is 845. The SMILES string of the molecule is COC(=O)C(Cc1ccccc1)NC(=O)C(C)(C)CCCOc1cc(C)ccc1C. The monoisotopic (exact) mass is 411 g/mol. The van der Waals surface area contributed by atoms with Gasteiger partial charge in [0.2, 0.25) is 5.91 Å². The third-order valence-electron chi connectivity index (χ3n) is 5.24. The number of amides is 1. The van der Waals surface area contributed by atoms with E-state index in [9.17, 15) is 9.59 Å². The van der Waals surface area contributed by atoms with Crippen molar-refractivity contribution in [2.24, 2.45) is 5.41 Å². The van der Waals surface area contributed by atoms with Crippen molar-refractivity contribution in [3.8, 4) is 5.75 Å². The Labute approximate surface area is 179 Å². The van der Waals surface area contributed by atoms with Gasteiger partial charge in [0.15, 0.2) is 0 Å². The van der Waals surface area contributed by atoms with Gasteiger partial charge in [-0.3, -0.25) is 4.79 Å². The Morgan fingerprint density at radius 1 is 1.07 bits per heavy atom. The summed E-state index contributed by atoms with van der Waals surface area (Å²) < 4.78 is 10.8. The third kappa shape index (κ3) is 6.90. The quantitative estimate of drug-likeness (QED) is 0.465. The number of rotatable bonds is 10. The number of esters is 1. The molecule has 1 N–H and O–H groups in total. The van der Waals surface area contributed by atoms with Crippen LogP contribution in [0.1, 0.15) is 43.4 Å². The maximum atomic E-state index is 12.9. The lowest BCUT2D eigenvalue weighted by Gasteiger charge is -2.26. The molecule has 162 valence electrons. The summed E-state index contributed by atoms with van der Waals surface area (Å²) in [4.78, 5) is 25.1. The van der Waals surface area contributed by atoms with Gasteiger partial charge >= 0.3 is 5.97 Å². The molecule has 0 aliphatic rings. The van der Waals surface area contributed by atoms with Gasteiger partial charge < -0.3 is 14.8 Å². The van der Waals surface area contributed by atoms with Crippen LogP contribution in [0.3, 0.4) is 0 Å². The highest BCUT2D eigenvalue weighted by molar-refractivity contribution is 5.87. The topological polar surface area (TPSA) is 64.6 Å². The molecule has 0 bridgehead atoms. The Hall–Kier alpha value is -2.82. The smallest absolute Gasteiger partial charge is 0.328 e. The summed E-state index contributed by atoms with van der Waals surface area (Å²) in [6.45, 7) is 8.36. The number of methoxy groups -OCH3 is 1. The fourth-order valence-electron chi connectivity index (χ4n) is 3.21. The summed E-state index contributed by atoms with van der Waals surface area (Å²) in [6, 6.07) is 15.0. The lowest BCUT2D eigenvalue weighted by Crippen LogP contribution is -2.48. The van der Waals surface area contributed by atoms with E-state index in [1.165, 1.54) is 7.11 Å². The summed E-state index contributed by atoms with van der Waals surface area (Å²) >= 11 is 0. The number of hydrogen-bond acceptors (Lipinski definition) is 4. The van der Waals surface area contributed by atoms with Gasteiger partial charge in [-0.2, -0.15) is 0 Å². The van der Waals surface area contributed by atoms with Crippen molar-refractivity contribution in [1.82, 2.24) is 5.32 Å². The molecule has 2 aromatic carbocycles. The highest BCUT2D eigenvalue weighted by Gasteiger charge is 2.31. The molecular weight excluding hydrogens is 378 g/mol. The van der Waals surface area contributed by atoms with E-state index in [4.69, 9.17) is 9.47 Å². The summed E-state index contributed by atoms with van der Waals surface area (Å²) in [5.74, 6) is 0.271. The van der Waals surface area contributed by atoms with E-state index in [-0.39, 0.29) is 5.91 Å². The second-order valence-corrected chi connectivity index (χ2v) is 8.34. The predicted molar refractivity (Wildman–Crippen MR) is 119 cm³/mol. The highest BCUT2D eigenvalue weighted by Crippen LogP contribution is 2.24. The van der Waals surface area contributed by atoms with Crippen LogP contribution >= 0.6 is 0 Å². The maximum absolute atomic E-state index is 12.9. The molecule has 1 atom stereocenters. The molecular formula is C25H33NO4. The van der Waals surface area contributed by atoms with Gasteiger partial charge in [0.05, 0.1) is 13.7 Å². The molecule has 5 nitrogen and oxygen atoms in total. The second-order valence-electron chi connectivity index (χ2n) is 8.34. The molecule has 0 heterocycles. The largest absolute Gasteiger partial charge is 0.493 e. The molecule has 2 aromatic rings. The second kappa shape index (κ2) is 10.8. The Balaban J connectivity index is 1.90. The van der Waals surface area contributed by atoms with E-state index in [0.717, 1.165) is 28.9 Å². The standard InChI is InChI=1S/C25H33NO4/c1-18-12-13-19(2)22(16-18)30-15-9-14-25(3,4)24(28)26-21(23(27)29-5)17-20-10-7-6-8-11-20/h6-8,10-13,16,21H,9,14-15,17H2,1-5H3,(H,26,28). The molecule has 5 heteroatoms. The predicted octanol–water partition coefficient (Wildman–Crippen LogP) is 4.39. The lowest BCUT2D eigenvalue weighted by molar-refractivity contribution is -0.146. The molecule has 1 amide bonds. The fraction of sp³-hybridized carbons (Fsp3) is 0.440. The van der Waals surface area contributed by atoms with Crippen LogP contribution < -0.4 is 10.1 Å². The van der Waals surface area contributed by atoms with Crippen LogP contribution in [0, 0.1) is 19.3 Å². The van der Waals surface area contributed by atoms with Crippen LogP contribution in [-0.4, -0.2) is 31.6 Å². The minimum absolute atomic E-state index is 0.166. The normalized spacial score (nSPS) is 12.2. The van der Waals surface area contributed by atoms with Crippen molar-refractivity contribution in [3.05, 3.63) is 65.2 Å². The first kappa shape index (κ1) is 23.5. The lowest BCUT2D eigenvalue weighted by atomic mass is 9.86. The molecule has 0 aliphatic heterocycles. The molecule has 0 fully saturated rings. The van der Waals surface area contributed by atoms with Crippen LogP contribution in [0.2, 0.25) is 0 Å². The van der Waals surface area contributed by atoms with E-state index in [0.29, 0.717) is 19.4 Å². The minimum atomic E-state index is -0.713. The summed E-state index contributed by atoms with van der Waals surface area (Å²) in [6.07, 6.45) is 1.77. The molecule has 0 radical (unpaired) electrons. The van der Waals surface area contributed by atoms with Crippen molar-refractivity contribution >= 4 is 11.9 Å². The zero-order valence-electron chi connectivity index (χ0n) is 18.7. The minimum Gasteiger partial charge on any atom is -0.493 e. The molecule has 0 spiro atoms. The number of ether oxygens (including phenoxy) is 2. The van der Waals surface area contributed by atoms with Crippen molar-refractivity contribution in [3.63, 3.8) is 0 Å². The number of aryl methyl sites for hydroxylation is 2. The number of nitrogens with one attached hydrogen (secondary N) is 1. The third-order valence-corrected chi connectivity index (χ3v) is 5.24. The fourth-order valence-corrected chi connectivity index (χ4v) is 3.21. The average Bonchev–Trinajstić information content (AvgIpc) is 2.73. The van der Waals surface area contributed by atoms with Gasteiger partial charge in [0.1, 0.15) is 11.8 Å². The summed E-state index contributed by atoms with van der Waals surface area (Å²) in [5.41, 5.74) is 2.59. The Kier molecular flexibility index (Phi) is 8.46. The van der Waals surface area contributed by atoms with Gasteiger partial charge in [-0.25, -0.2) is 4.79 Å². The molecule has 0 saturated heterocycles. The number of benzene rings is 2. The first-order valence-electron chi connectivity index (χ1n) is 10.4. The Morgan fingerprint density at radius 2 is 1.77 bits per heavy atom. The van der Waals surface area contributed by atoms with Crippen LogP contribution in [-0.2, 0) is 20.7 Å². The molecule has 0 saturated carbocycles. The van der Waals surface area contributed by atoms with Crippen LogP contribution in [0.25, 0.3) is 0 Å². The van der Waals surface area contributed by atoms with Crippen LogP contribution in [0.5, 0.6) is 5.75 Å². The zero-order chi connectivity index (χ0) is 22.1. The van der Waals surface area contributed by atoms with Gasteiger partial charge in [-0.1, -0.05) is 56.3 Å². The van der Waals surface area contributed by atoms with E-state index < -0.39 is 17.4 Å². The van der Waals surface area contributed by atoms with E-state index >= 15 is 0 Å². The van der Waals surface area contributed by atoms with Crippen molar-refractivity contribution < 1.29 is 19.1 Å². The molecule has 0 aromatic heterocycles. The van der Waals surface area contributed by atoms with Crippen molar-refractivity contribution in [1.29, 1.82) is 0 Å². The highest BCUT2D eigenvalue weighted by atomic mass is 16.5. The first-order chi connectivity index (χ1) is 14.2. The molecule has 2 rings (SSSR count). The molecule has 30 heavy (non-hydrogen) atoms. The van der Waals surface area contributed by atoms with E-state index in [2.05, 4.69) is 11.4 Å². The maximum Gasteiger partial charge on any atom is 0.328 e. The molecule has 1 unspecified atom stereocenters. The number of carbonyl (C=O) groups excluding carboxylic acids is 2. The van der Waals surface area contributed by atoms with Crippen LogP contribution in [0.4, 0.5) is 0 Å². The van der Waals surface area contributed by atoms with Crippen molar-refractivity contribution in [2.45, 2.75) is 53.0 Å². The summed E-state index contributed by atoms with van der Waals surface area (Å²) in [5, 5.41) is 2.88.